The van der Waals surface area contributed by atoms with Crippen molar-refractivity contribution in [1.29, 1.82) is 0 Å². The number of halogens is 5. The van der Waals surface area contributed by atoms with E-state index in [0.29, 0.717) is 35.4 Å². The Bertz CT molecular complexity index is 769. The average Bonchev–Trinajstić information content (AvgIpc) is 2.99. The van der Waals surface area contributed by atoms with E-state index >= 15 is 0 Å². The lowest BCUT2D eigenvalue weighted by molar-refractivity contribution is -0.141. The van der Waals surface area contributed by atoms with E-state index in [1.165, 1.54) is 11.6 Å². The smallest absolute Gasteiger partial charge is 0.354 e. The third-order valence-corrected chi connectivity index (χ3v) is 4.36. The molecule has 6 nitrogen and oxygen atoms in total. The number of amides is 1. The van der Waals surface area contributed by atoms with Crippen LogP contribution in [0.5, 0.6) is 0 Å². The molecule has 2 aromatic rings. The van der Waals surface area contributed by atoms with Crippen molar-refractivity contribution in [3.63, 3.8) is 0 Å². The van der Waals surface area contributed by atoms with Gasteiger partial charge in [0, 0.05) is 18.8 Å². The minimum Gasteiger partial charge on any atom is -0.354 e. The second-order valence-corrected chi connectivity index (χ2v) is 6.18. The van der Waals surface area contributed by atoms with Crippen molar-refractivity contribution in [3.8, 4) is 0 Å². The summed E-state index contributed by atoms with van der Waals surface area (Å²) in [6.07, 6.45) is -4.00. The molecule has 0 aliphatic rings. The van der Waals surface area contributed by atoms with Gasteiger partial charge in [-0.15, -0.1) is 0 Å². The summed E-state index contributed by atoms with van der Waals surface area (Å²) in [6, 6.07) is 0.902. The molecular formula is C14H16Cl2F3N5O. The summed E-state index contributed by atoms with van der Waals surface area (Å²) < 4.78 is 40.3. The predicted octanol–water partition coefficient (Wildman–Crippen LogP) is 3.23. The molecular weight excluding hydrogens is 382 g/mol. The number of nitrogens with one attached hydrogen (secondary N) is 1. The van der Waals surface area contributed by atoms with Gasteiger partial charge in [-0.25, -0.2) is 0 Å². The van der Waals surface area contributed by atoms with Gasteiger partial charge < -0.3 is 5.32 Å². The van der Waals surface area contributed by atoms with Crippen molar-refractivity contribution in [2.24, 2.45) is 0 Å². The van der Waals surface area contributed by atoms with E-state index in [2.05, 4.69) is 15.5 Å². The summed E-state index contributed by atoms with van der Waals surface area (Å²) in [5.41, 5.74) is -0.139. The van der Waals surface area contributed by atoms with Gasteiger partial charge in [-0.1, -0.05) is 23.2 Å². The Kier molecular flexibility index (Phi) is 5.99. The van der Waals surface area contributed by atoms with Crippen LogP contribution in [0.3, 0.4) is 0 Å². The molecule has 0 radical (unpaired) electrons. The van der Waals surface area contributed by atoms with Crippen molar-refractivity contribution in [2.45, 2.75) is 39.5 Å². The van der Waals surface area contributed by atoms with Crippen LogP contribution in [-0.2, 0) is 24.1 Å². The average molecular weight is 398 g/mol. The number of hydrogen-bond donors (Lipinski definition) is 1. The van der Waals surface area contributed by atoms with E-state index in [1.807, 2.05) is 0 Å². The lowest BCUT2D eigenvalue weighted by Crippen LogP contribution is -2.30. The Balaban J connectivity index is 1.81. The van der Waals surface area contributed by atoms with Gasteiger partial charge in [0.2, 0.25) is 5.91 Å². The Hall–Kier alpha value is -1.74. The summed E-state index contributed by atoms with van der Waals surface area (Å²) in [4.78, 5) is 11.8. The highest BCUT2D eigenvalue weighted by Crippen LogP contribution is 2.28. The monoisotopic (exact) mass is 397 g/mol. The number of rotatable bonds is 6. The van der Waals surface area contributed by atoms with Gasteiger partial charge in [-0.3, -0.25) is 14.2 Å². The van der Waals surface area contributed by atoms with Gasteiger partial charge >= 0.3 is 6.18 Å². The molecule has 0 saturated heterocycles. The highest BCUT2D eigenvalue weighted by atomic mass is 35.5. The first-order valence-corrected chi connectivity index (χ1v) is 8.12. The molecule has 1 N–H and O–H groups in total. The van der Waals surface area contributed by atoms with Crippen LogP contribution in [0.1, 0.15) is 23.5 Å². The Morgan fingerprint density at radius 2 is 1.92 bits per heavy atom. The van der Waals surface area contributed by atoms with E-state index < -0.39 is 17.8 Å². The third-order valence-electron chi connectivity index (χ3n) is 3.43. The van der Waals surface area contributed by atoms with E-state index in [-0.39, 0.29) is 12.2 Å². The van der Waals surface area contributed by atoms with E-state index in [9.17, 15) is 18.0 Å². The molecule has 0 unspecified atom stereocenters. The highest BCUT2D eigenvalue weighted by molar-refractivity contribution is 6.41. The first kappa shape index (κ1) is 19.6. The molecule has 25 heavy (non-hydrogen) atoms. The summed E-state index contributed by atoms with van der Waals surface area (Å²) in [7, 11) is 0. The number of hydrogen-bond acceptors (Lipinski definition) is 3. The maximum atomic E-state index is 12.6. The third kappa shape index (κ3) is 4.88. The van der Waals surface area contributed by atoms with Gasteiger partial charge in [-0.2, -0.15) is 23.4 Å². The summed E-state index contributed by atoms with van der Waals surface area (Å²) >= 11 is 11.9. The van der Waals surface area contributed by atoms with Crippen LogP contribution in [0.15, 0.2) is 6.07 Å². The van der Waals surface area contributed by atoms with Crippen molar-refractivity contribution in [3.05, 3.63) is 33.3 Å². The van der Waals surface area contributed by atoms with Crippen molar-refractivity contribution in [1.82, 2.24) is 24.9 Å². The topological polar surface area (TPSA) is 64.7 Å². The van der Waals surface area contributed by atoms with Crippen LogP contribution < -0.4 is 5.32 Å². The molecule has 0 atom stereocenters. The number of carbonyl (C=O) groups excluding carboxylic acids is 1. The maximum Gasteiger partial charge on any atom is 0.435 e. The molecule has 2 aromatic heterocycles. The van der Waals surface area contributed by atoms with Crippen LogP contribution in [0.2, 0.25) is 10.2 Å². The Morgan fingerprint density at radius 1 is 1.24 bits per heavy atom. The molecule has 11 heteroatoms. The second-order valence-electron chi connectivity index (χ2n) is 5.44. The van der Waals surface area contributed by atoms with Crippen LogP contribution in [0, 0.1) is 13.8 Å². The summed E-state index contributed by atoms with van der Waals surface area (Å²) in [6.45, 7) is 3.68. The fraction of sp³-hybridized carbons (Fsp3) is 0.500. The van der Waals surface area contributed by atoms with Crippen LogP contribution in [0.4, 0.5) is 13.2 Å². The zero-order valence-corrected chi connectivity index (χ0v) is 15.0. The molecule has 0 bridgehead atoms. The summed E-state index contributed by atoms with van der Waals surface area (Å²) in [5.74, 6) is -0.430. The highest BCUT2D eigenvalue weighted by Gasteiger charge is 2.34. The SMILES string of the molecule is Cc1nn(CCCNC(=O)Cn2nc(C(F)(F)F)cc2C)c(Cl)c1Cl. The van der Waals surface area contributed by atoms with Gasteiger partial charge in [0.15, 0.2) is 5.69 Å². The molecule has 0 fully saturated rings. The number of aryl methyl sites for hydroxylation is 3. The van der Waals surface area contributed by atoms with Crippen LogP contribution >= 0.6 is 23.2 Å². The molecule has 138 valence electrons. The molecule has 1 amide bonds. The lowest BCUT2D eigenvalue weighted by atomic mass is 10.3. The fourth-order valence-corrected chi connectivity index (χ4v) is 2.53. The van der Waals surface area contributed by atoms with Crippen molar-refractivity contribution < 1.29 is 18.0 Å². The van der Waals surface area contributed by atoms with E-state index in [4.69, 9.17) is 23.2 Å². The van der Waals surface area contributed by atoms with Crippen LogP contribution in [0.25, 0.3) is 0 Å². The van der Waals surface area contributed by atoms with Gasteiger partial charge in [0.05, 0.1) is 5.69 Å². The van der Waals surface area contributed by atoms with E-state index in [0.717, 1.165) is 10.7 Å². The number of aromatic nitrogens is 4. The Morgan fingerprint density at radius 3 is 2.44 bits per heavy atom. The molecule has 0 aliphatic heterocycles. The Labute approximate surface area is 151 Å². The van der Waals surface area contributed by atoms with Crippen molar-refractivity contribution in [2.75, 3.05) is 6.54 Å². The first-order chi connectivity index (χ1) is 11.6. The zero-order valence-electron chi connectivity index (χ0n) is 13.5. The quantitative estimate of drug-likeness (QED) is 0.760. The van der Waals surface area contributed by atoms with Crippen molar-refractivity contribution >= 4 is 29.1 Å². The minimum atomic E-state index is -4.53. The maximum absolute atomic E-state index is 12.6. The minimum absolute atomic E-state index is 0.260. The largest absolute Gasteiger partial charge is 0.435 e. The number of nitrogens with zero attached hydrogens (tertiary/aromatic N) is 4. The zero-order chi connectivity index (χ0) is 18.8. The number of carbonyl (C=O) groups is 1. The lowest BCUT2D eigenvalue weighted by Gasteiger charge is -2.07. The van der Waals surface area contributed by atoms with Gasteiger partial charge in [-0.05, 0) is 26.3 Å². The molecule has 2 heterocycles. The normalized spacial score (nSPS) is 11.8. The van der Waals surface area contributed by atoms with Gasteiger partial charge in [0.25, 0.3) is 0 Å². The molecule has 0 aromatic carbocycles. The molecule has 0 aliphatic carbocycles. The second kappa shape index (κ2) is 7.65. The summed E-state index contributed by atoms with van der Waals surface area (Å²) in [5, 5.41) is 10.9. The van der Waals surface area contributed by atoms with Gasteiger partial charge in [0.1, 0.15) is 16.7 Å². The predicted molar refractivity (Wildman–Crippen MR) is 86.6 cm³/mol. The number of alkyl halides is 3. The standard InChI is InChI=1S/C14H16Cl2F3N5O/c1-8-6-10(14(17,18)19)22-24(8)7-11(25)20-4-3-5-23-13(16)12(15)9(2)21-23/h6H,3-5,7H2,1-2H3,(H,20,25). The molecule has 2 rings (SSSR count). The first-order valence-electron chi connectivity index (χ1n) is 7.36. The molecule has 0 saturated carbocycles. The molecule has 0 spiro atoms. The van der Waals surface area contributed by atoms with Crippen LogP contribution in [-0.4, -0.2) is 32.0 Å². The van der Waals surface area contributed by atoms with E-state index in [1.54, 1.807) is 6.92 Å². The fourth-order valence-electron chi connectivity index (χ4n) is 2.14.